The van der Waals surface area contributed by atoms with Gasteiger partial charge in [0, 0.05) is 12.8 Å². The Hall–Kier alpha value is 0.120. The van der Waals surface area contributed by atoms with Crippen LogP contribution in [-0.4, -0.2) is 37.1 Å². The average molecular weight is 288 g/mol. The fourth-order valence-electron chi connectivity index (χ4n) is 2.64. The molecule has 1 rings (SSSR count). The fraction of sp³-hybridized carbons (Fsp3) is 1.00. The van der Waals surface area contributed by atoms with Gasteiger partial charge in [0.2, 0.25) is 0 Å². The Labute approximate surface area is 110 Å². The van der Waals surface area contributed by atoms with Crippen LogP contribution in [0.1, 0.15) is 40.5 Å². The highest BCUT2D eigenvalue weighted by atomic mass is 35.5. The lowest BCUT2D eigenvalue weighted by molar-refractivity contribution is -1.16. The number of hydrogen-bond donors (Lipinski definition) is 2. The molecule has 1 heterocycles. The summed E-state index contributed by atoms with van der Waals surface area (Å²) in [6.07, 6.45) is 1.76. The molecule has 0 saturated carbocycles. The highest BCUT2D eigenvalue weighted by Crippen LogP contribution is 2.26. The third-order valence-corrected chi connectivity index (χ3v) is 3.69. The molecule has 0 radical (unpaired) electrons. The van der Waals surface area contributed by atoms with E-state index >= 15 is 0 Å². The van der Waals surface area contributed by atoms with Crippen LogP contribution in [-0.2, 0) is 14.3 Å². The molecule has 1 aliphatic heterocycles. The Bertz CT molecular complexity index is 349. The second-order valence-corrected chi connectivity index (χ2v) is 7.55. The second-order valence-electron chi connectivity index (χ2n) is 5.95. The molecular weight excluding hydrogens is 266 g/mol. The Kier molecular flexibility index (Phi) is 5.05. The van der Waals surface area contributed by atoms with Crippen molar-refractivity contribution in [1.29, 1.82) is 0 Å². The monoisotopic (exact) mass is 287 g/mol. The van der Waals surface area contributed by atoms with Gasteiger partial charge in [-0.05, 0) is 27.7 Å². The molecule has 0 aliphatic carbocycles. The maximum atomic E-state index is 11.1. The summed E-state index contributed by atoms with van der Waals surface area (Å²) >= 11 is 0. The maximum absolute atomic E-state index is 11.1. The van der Waals surface area contributed by atoms with Crippen LogP contribution < -0.4 is 17.5 Å². The Morgan fingerprint density at radius 1 is 1.18 bits per heavy atom. The van der Waals surface area contributed by atoms with E-state index in [0.29, 0.717) is 17.9 Å². The number of hydrogen-bond acceptors (Lipinski definition) is 4. The molecule has 0 unspecified atom stereocenters. The Morgan fingerprint density at radius 3 is 1.82 bits per heavy atom. The van der Waals surface area contributed by atoms with Gasteiger partial charge in [-0.3, -0.25) is 4.18 Å². The van der Waals surface area contributed by atoms with Crippen molar-refractivity contribution >= 4 is 10.1 Å². The quantitative estimate of drug-likeness (QED) is 0.530. The molecule has 0 aromatic heterocycles. The zero-order chi connectivity index (χ0) is 12.8. The first kappa shape index (κ1) is 17.1. The van der Waals surface area contributed by atoms with Gasteiger partial charge in [-0.15, -0.1) is 0 Å². The SMILES string of the molecule is CC1(C)CC(OS(C)(=O)=O)CC(C)(C)[NH+]1O.[Cl-]. The molecule has 1 fully saturated rings. The van der Waals surface area contributed by atoms with Crippen molar-refractivity contribution in [3.05, 3.63) is 0 Å². The highest BCUT2D eigenvalue weighted by molar-refractivity contribution is 7.86. The van der Waals surface area contributed by atoms with Crippen molar-refractivity contribution in [3.8, 4) is 0 Å². The largest absolute Gasteiger partial charge is 1.00 e. The number of quaternary nitrogens is 1. The third-order valence-electron chi connectivity index (χ3n) is 3.07. The highest BCUT2D eigenvalue weighted by Gasteiger charge is 2.50. The van der Waals surface area contributed by atoms with Crippen LogP contribution in [0.2, 0.25) is 0 Å². The van der Waals surface area contributed by atoms with E-state index in [9.17, 15) is 13.6 Å². The standard InChI is InChI=1S/C10H21NO4S.ClH/c1-9(2)6-8(15-16(5,13)14)7-10(3,4)11(9)12;/h8,12H,6-7H2,1-5H3;1H. The summed E-state index contributed by atoms with van der Waals surface area (Å²) in [5, 5.41) is 10.5. The van der Waals surface area contributed by atoms with E-state index in [-0.39, 0.29) is 18.5 Å². The summed E-state index contributed by atoms with van der Waals surface area (Å²) in [6, 6.07) is 0. The molecule has 0 atom stereocenters. The molecule has 5 nitrogen and oxygen atoms in total. The summed E-state index contributed by atoms with van der Waals surface area (Å²) < 4.78 is 27.3. The van der Waals surface area contributed by atoms with Gasteiger partial charge >= 0.3 is 0 Å². The van der Waals surface area contributed by atoms with Crippen molar-refractivity contribution in [1.82, 2.24) is 0 Å². The topological polar surface area (TPSA) is 68.0 Å². The Morgan fingerprint density at radius 2 is 1.53 bits per heavy atom. The lowest BCUT2D eigenvalue weighted by Gasteiger charge is -2.46. The molecular formula is C10H22ClNO4S. The number of rotatable bonds is 2. The van der Waals surface area contributed by atoms with Crippen molar-refractivity contribution < 1.29 is 35.3 Å². The minimum absolute atomic E-state index is 0. The maximum Gasteiger partial charge on any atom is 0.264 e. The first-order chi connectivity index (χ1) is 6.94. The first-order valence-corrected chi connectivity index (χ1v) is 7.21. The van der Waals surface area contributed by atoms with Crippen LogP contribution in [0.5, 0.6) is 0 Å². The van der Waals surface area contributed by atoms with E-state index < -0.39 is 21.2 Å². The molecule has 1 aliphatic rings. The van der Waals surface area contributed by atoms with Crippen molar-refractivity contribution in [3.63, 3.8) is 0 Å². The first-order valence-electron chi connectivity index (χ1n) is 5.39. The number of nitrogens with one attached hydrogen (secondary N) is 1. The van der Waals surface area contributed by atoms with Crippen LogP contribution in [0, 0.1) is 0 Å². The fourth-order valence-corrected chi connectivity index (χ4v) is 3.27. The minimum atomic E-state index is -3.43. The molecule has 2 N–H and O–H groups in total. The molecule has 1 saturated heterocycles. The normalized spacial score (nSPS) is 31.6. The zero-order valence-corrected chi connectivity index (χ0v) is 12.5. The third kappa shape index (κ3) is 4.37. The van der Waals surface area contributed by atoms with Gasteiger partial charge in [-0.2, -0.15) is 13.5 Å². The molecule has 0 aromatic carbocycles. The van der Waals surface area contributed by atoms with E-state index in [4.69, 9.17) is 4.18 Å². The second kappa shape index (κ2) is 5.01. The summed E-state index contributed by atoms with van der Waals surface area (Å²) in [5.74, 6) is 0. The average Bonchev–Trinajstić information content (AvgIpc) is 1.95. The summed E-state index contributed by atoms with van der Waals surface area (Å²) in [6.45, 7) is 7.62. The summed E-state index contributed by atoms with van der Waals surface area (Å²) in [7, 11) is -3.43. The van der Waals surface area contributed by atoms with Gasteiger partial charge in [0.05, 0.1) is 12.4 Å². The van der Waals surface area contributed by atoms with Crippen LogP contribution >= 0.6 is 0 Å². The zero-order valence-electron chi connectivity index (χ0n) is 10.9. The van der Waals surface area contributed by atoms with Crippen LogP contribution in [0.25, 0.3) is 0 Å². The van der Waals surface area contributed by atoms with E-state index in [1.54, 1.807) is 0 Å². The molecule has 0 amide bonds. The van der Waals surface area contributed by atoms with E-state index in [1.165, 1.54) is 0 Å². The Balaban J connectivity index is 0.00000256. The van der Waals surface area contributed by atoms with Gasteiger partial charge in [0.1, 0.15) is 11.1 Å². The molecule has 17 heavy (non-hydrogen) atoms. The molecule has 0 aromatic rings. The van der Waals surface area contributed by atoms with E-state index in [0.717, 1.165) is 6.26 Å². The van der Waals surface area contributed by atoms with Gasteiger partial charge < -0.3 is 12.4 Å². The van der Waals surface area contributed by atoms with Crippen LogP contribution in [0.15, 0.2) is 0 Å². The predicted molar refractivity (Wildman–Crippen MR) is 59.9 cm³/mol. The van der Waals surface area contributed by atoms with E-state index in [1.807, 2.05) is 27.7 Å². The minimum Gasteiger partial charge on any atom is -1.00 e. The lowest BCUT2D eigenvalue weighted by Crippen LogP contribution is -3.25. The molecule has 0 bridgehead atoms. The number of hydroxylamine groups is 2. The van der Waals surface area contributed by atoms with Crippen molar-refractivity contribution in [2.24, 2.45) is 0 Å². The molecule has 104 valence electrons. The van der Waals surface area contributed by atoms with Gasteiger partial charge in [-0.1, -0.05) is 0 Å². The van der Waals surface area contributed by atoms with Crippen molar-refractivity contribution in [2.75, 3.05) is 6.26 Å². The van der Waals surface area contributed by atoms with Crippen LogP contribution in [0.3, 0.4) is 0 Å². The van der Waals surface area contributed by atoms with Gasteiger partial charge in [0.25, 0.3) is 10.1 Å². The number of piperidine rings is 1. The predicted octanol–water partition coefficient (Wildman–Crippen LogP) is -3.04. The summed E-state index contributed by atoms with van der Waals surface area (Å²) in [5.41, 5.74) is -0.811. The smallest absolute Gasteiger partial charge is 0.264 e. The van der Waals surface area contributed by atoms with Crippen LogP contribution in [0.4, 0.5) is 0 Å². The molecule has 7 heteroatoms. The molecule has 0 spiro atoms. The number of halogens is 1. The van der Waals surface area contributed by atoms with Gasteiger partial charge in [0.15, 0.2) is 0 Å². The lowest BCUT2D eigenvalue weighted by atomic mass is 9.80. The van der Waals surface area contributed by atoms with Crippen molar-refractivity contribution in [2.45, 2.75) is 57.7 Å². The van der Waals surface area contributed by atoms with Gasteiger partial charge in [-0.25, -0.2) is 5.21 Å². The summed E-state index contributed by atoms with van der Waals surface area (Å²) in [4.78, 5) is 0. The van der Waals surface area contributed by atoms with E-state index in [2.05, 4.69) is 0 Å².